The van der Waals surface area contributed by atoms with Gasteiger partial charge in [-0.3, -0.25) is 9.59 Å². The van der Waals surface area contributed by atoms with E-state index >= 15 is 0 Å². The van der Waals surface area contributed by atoms with Crippen LogP contribution >= 0.6 is 0 Å². The Hall–Kier alpha value is -2.08. The molecule has 0 saturated carbocycles. The number of benzene rings is 1. The molecule has 0 aliphatic carbocycles. The van der Waals surface area contributed by atoms with Crippen LogP contribution in [-0.4, -0.2) is 56.5 Å². The molecular formula is C17H26N4O2. The fourth-order valence-corrected chi connectivity index (χ4v) is 2.75. The lowest BCUT2D eigenvalue weighted by atomic mass is 10.1. The number of para-hydroxylation sites is 1. The van der Waals surface area contributed by atoms with Crippen molar-refractivity contribution >= 4 is 17.5 Å². The monoisotopic (exact) mass is 318 g/mol. The van der Waals surface area contributed by atoms with Gasteiger partial charge in [0.25, 0.3) is 0 Å². The van der Waals surface area contributed by atoms with Crippen molar-refractivity contribution in [1.82, 2.24) is 15.5 Å². The summed E-state index contributed by atoms with van der Waals surface area (Å²) in [6, 6.07) is 8.13. The molecule has 1 aromatic rings. The lowest BCUT2D eigenvalue weighted by Crippen LogP contribution is -2.48. The fraction of sp³-hybridized carbons (Fsp3) is 0.529. The van der Waals surface area contributed by atoms with Gasteiger partial charge in [-0.25, -0.2) is 0 Å². The maximum Gasteiger partial charge on any atom is 0.221 e. The van der Waals surface area contributed by atoms with Gasteiger partial charge in [0.2, 0.25) is 11.8 Å². The van der Waals surface area contributed by atoms with Crippen LogP contribution in [0.15, 0.2) is 24.3 Å². The Morgan fingerprint density at radius 3 is 2.48 bits per heavy atom. The first-order valence-electron chi connectivity index (χ1n) is 8.11. The summed E-state index contributed by atoms with van der Waals surface area (Å²) in [6.07, 6.45) is 0.482. The molecule has 1 fully saturated rings. The van der Waals surface area contributed by atoms with E-state index in [2.05, 4.69) is 21.6 Å². The van der Waals surface area contributed by atoms with Gasteiger partial charge in [0, 0.05) is 58.3 Å². The van der Waals surface area contributed by atoms with Crippen LogP contribution < -0.4 is 15.5 Å². The Balaban J connectivity index is 1.95. The van der Waals surface area contributed by atoms with E-state index < -0.39 is 0 Å². The van der Waals surface area contributed by atoms with Gasteiger partial charge in [0.05, 0.1) is 0 Å². The molecule has 126 valence electrons. The molecule has 0 radical (unpaired) electrons. The minimum Gasteiger partial charge on any atom is -0.368 e. The summed E-state index contributed by atoms with van der Waals surface area (Å²) in [4.78, 5) is 27.4. The van der Waals surface area contributed by atoms with Crippen LogP contribution in [0.1, 0.15) is 18.9 Å². The third-order valence-corrected chi connectivity index (χ3v) is 4.14. The zero-order valence-corrected chi connectivity index (χ0v) is 14.0. The van der Waals surface area contributed by atoms with E-state index in [9.17, 15) is 9.59 Å². The average Bonchev–Trinajstić information content (AvgIpc) is 2.58. The van der Waals surface area contributed by atoms with E-state index in [1.807, 2.05) is 30.1 Å². The molecule has 1 heterocycles. The van der Waals surface area contributed by atoms with Crippen molar-refractivity contribution in [3.05, 3.63) is 29.8 Å². The first kappa shape index (κ1) is 17.3. The van der Waals surface area contributed by atoms with E-state index in [0.717, 1.165) is 37.4 Å². The van der Waals surface area contributed by atoms with Crippen molar-refractivity contribution in [3.63, 3.8) is 0 Å². The number of piperazine rings is 1. The van der Waals surface area contributed by atoms with Gasteiger partial charge < -0.3 is 20.4 Å². The highest BCUT2D eigenvalue weighted by Gasteiger charge is 2.20. The number of nitrogens with one attached hydrogen (secondary N) is 2. The summed E-state index contributed by atoms with van der Waals surface area (Å²) in [7, 11) is 1.84. The van der Waals surface area contributed by atoms with Crippen LogP contribution in [0.25, 0.3) is 0 Å². The van der Waals surface area contributed by atoms with Crippen molar-refractivity contribution in [1.29, 1.82) is 0 Å². The molecule has 0 aromatic heterocycles. The molecule has 6 nitrogen and oxygen atoms in total. The largest absolute Gasteiger partial charge is 0.368 e. The molecule has 1 aliphatic heterocycles. The van der Waals surface area contributed by atoms with Gasteiger partial charge in [-0.05, 0) is 18.7 Å². The lowest BCUT2D eigenvalue weighted by molar-refractivity contribution is -0.129. The minimum atomic E-state index is 0.0514. The molecule has 0 atom stereocenters. The van der Waals surface area contributed by atoms with E-state index in [4.69, 9.17) is 0 Å². The highest BCUT2D eigenvalue weighted by atomic mass is 16.2. The number of nitrogens with zero attached hydrogens (tertiary/aromatic N) is 2. The molecule has 0 unspecified atom stereocenters. The fourth-order valence-electron chi connectivity index (χ4n) is 2.75. The zero-order chi connectivity index (χ0) is 16.7. The van der Waals surface area contributed by atoms with Crippen LogP contribution in [-0.2, 0) is 16.1 Å². The lowest BCUT2D eigenvalue weighted by Gasteiger charge is -2.36. The standard InChI is InChI=1S/C17H26N4O2/c1-14(22)20-9-11-21(12-10-20)16-6-4-3-5-15(16)13-19-17(23)7-8-18-2/h3-6,18H,7-13H2,1-2H3,(H,19,23). The smallest absolute Gasteiger partial charge is 0.221 e. The van der Waals surface area contributed by atoms with Crippen LogP contribution in [0.5, 0.6) is 0 Å². The Labute approximate surface area is 137 Å². The molecule has 1 saturated heterocycles. The molecule has 2 rings (SSSR count). The number of anilines is 1. The molecule has 1 aliphatic rings. The molecular weight excluding hydrogens is 292 g/mol. The van der Waals surface area contributed by atoms with E-state index in [0.29, 0.717) is 19.5 Å². The van der Waals surface area contributed by atoms with Crippen molar-refractivity contribution in [3.8, 4) is 0 Å². The van der Waals surface area contributed by atoms with Gasteiger partial charge in [0.1, 0.15) is 0 Å². The number of hydrogen-bond acceptors (Lipinski definition) is 4. The van der Waals surface area contributed by atoms with E-state index in [-0.39, 0.29) is 11.8 Å². The van der Waals surface area contributed by atoms with Crippen LogP contribution in [0.3, 0.4) is 0 Å². The van der Waals surface area contributed by atoms with Crippen LogP contribution in [0.2, 0.25) is 0 Å². The predicted molar refractivity (Wildman–Crippen MR) is 91.3 cm³/mol. The topological polar surface area (TPSA) is 64.7 Å². The second-order valence-electron chi connectivity index (χ2n) is 5.75. The molecule has 0 bridgehead atoms. The summed E-state index contributed by atoms with van der Waals surface area (Å²) in [5.74, 6) is 0.185. The third-order valence-electron chi connectivity index (χ3n) is 4.14. The van der Waals surface area contributed by atoms with E-state index in [1.54, 1.807) is 6.92 Å². The van der Waals surface area contributed by atoms with Gasteiger partial charge in [0.15, 0.2) is 0 Å². The molecule has 2 amide bonds. The highest BCUT2D eigenvalue weighted by Crippen LogP contribution is 2.21. The summed E-state index contributed by atoms with van der Waals surface area (Å²) in [5, 5.41) is 5.94. The van der Waals surface area contributed by atoms with Crippen molar-refractivity contribution in [2.75, 3.05) is 44.7 Å². The summed E-state index contributed by atoms with van der Waals surface area (Å²) in [6.45, 7) is 5.97. The second kappa shape index (κ2) is 8.53. The molecule has 2 N–H and O–H groups in total. The Morgan fingerprint density at radius 2 is 1.83 bits per heavy atom. The van der Waals surface area contributed by atoms with Gasteiger partial charge in [-0.2, -0.15) is 0 Å². The Kier molecular flexibility index (Phi) is 6.40. The number of rotatable bonds is 6. The van der Waals surface area contributed by atoms with Gasteiger partial charge >= 0.3 is 0 Å². The number of hydrogen-bond donors (Lipinski definition) is 2. The summed E-state index contributed by atoms with van der Waals surface area (Å²) in [5.41, 5.74) is 2.26. The normalized spacial score (nSPS) is 14.7. The SMILES string of the molecule is CNCCC(=O)NCc1ccccc1N1CCN(C(C)=O)CC1. The predicted octanol–water partition coefficient (Wildman–Crippen LogP) is 0.581. The summed E-state index contributed by atoms with van der Waals surface area (Å²) < 4.78 is 0. The Morgan fingerprint density at radius 1 is 1.13 bits per heavy atom. The zero-order valence-electron chi connectivity index (χ0n) is 14.0. The summed E-state index contributed by atoms with van der Waals surface area (Å²) >= 11 is 0. The van der Waals surface area contributed by atoms with Crippen molar-refractivity contribution < 1.29 is 9.59 Å². The van der Waals surface area contributed by atoms with Crippen LogP contribution in [0.4, 0.5) is 5.69 Å². The van der Waals surface area contributed by atoms with Crippen LogP contribution in [0, 0.1) is 0 Å². The van der Waals surface area contributed by atoms with Crippen molar-refractivity contribution in [2.24, 2.45) is 0 Å². The highest BCUT2D eigenvalue weighted by molar-refractivity contribution is 5.76. The van der Waals surface area contributed by atoms with E-state index in [1.165, 1.54) is 0 Å². The quantitative estimate of drug-likeness (QED) is 0.805. The molecule has 1 aromatic carbocycles. The van der Waals surface area contributed by atoms with Gasteiger partial charge in [-0.15, -0.1) is 0 Å². The maximum atomic E-state index is 11.8. The van der Waals surface area contributed by atoms with Gasteiger partial charge in [-0.1, -0.05) is 18.2 Å². The number of amides is 2. The first-order valence-corrected chi connectivity index (χ1v) is 8.11. The molecule has 0 spiro atoms. The average molecular weight is 318 g/mol. The third kappa shape index (κ3) is 4.96. The number of carbonyl (C=O) groups excluding carboxylic acids is 2. The molecule has 23 heavy (non-hydrogen) atoms. The first-order chi connectivity index (χ1) is 11.1. The Bertz CT molecular complexity index is 539. The second-order valence-corrected chi connectivity index (χ2v) is 5.75. The number of carbonyl (C=O) groups is 2. The maximum absolute atomic E-state index is 11.8. The van der Waals surface area contributed by atoms with Crippen molar-refractivity contribution in [2.45, 2.75) is 19.9 Å². The minimum absolute atomic E-state index is 0.0514. The molecule has 6 heteroatoms.